The highest BCUT2D eigenvalue weighted by Gasteiger charge is 2.18. The number of hydrogen-bond acceptors (Lipinski definition) is 4. The largest absolute Gasteiger partial charge is 0.481 e. The zero-order valence-electron chi connectivity index (χ0n) is 10.8. The van der Waals surface area contributed by atoms with Gasteiger partial charge in [-0.05, 0) is 12.1 Å². The van der Waals surface area contributed by atoms with E-state index < -0.39 is 5.97 Å². The Labute approximate surface area is 140 Å². The van der Waals surface area contributed by atoms with Gasteiger partial charge in [-0.2, -0.15) is 0 Å². The van der Waals surface area contributed by atoms with Crippen molar-refractivity contribution in [3.05, 3.63) is 33.0 Å². The summed E-state index contributed by atoms with van der Waals surface area (Å²) < 4.78 is 1.69. The smallest absolute Gasteiger partial charge is 0.313 e. The minimum absolute atomic E-state index is 0.124. The summed E-state index contributed by atoms with van der Waals surface area (Å²) in [5.41, 5.74) is 0.570. The molecule has 0 atom stereocenters. The first-order valence-corrected chi connectivity index (χ1v) is 7.99. The number of hydrogen-bond donors (Lipinski definition) is 1. The maximum Gasteiger partial charge on any atom is 0.313 e. The third kappa shape index (κ3) is 3.63. The summed E-state index contributed by atoms with van der Waals surface area (Å²) in [5, 5.41) is 18.4. The van der Waals surface area contributed by atoms with Crippen molar-refractivity contribution in [1.29, 1.82) is 0 Å². The van der Waals surface area contributed by atoms with E-state index in [9.17, 15) is 4.79 Å². The maximum absolute atomic E-state index is 10.7. The van der Waals surface area contributed by atoms with E-state index in [0.717, 1.165) is 11.8 Å². The number of carbonyl (C=O) groups is 1. The van der Waals surface area contributed by atoms with Gasteiger partial charge in [0.05, 0.1) is 26.5 Å². The van der Waals surface area contributed by atoms with Crippen LogP contribution in [0.5, 0.6) is 0 Å². The SMILES string of the molecule is CCc1nnc(SCC(=O)O)n1-c1cc(Cl)c(Cl)cc1Cl. The molecule has 21 heavy (non-hydrogen) atoms. The molecule has 9 heteroatoms. The Morgan fingerprint density at radius 2 is 1.90 bits per heavy atom. The number of aromatic nitrogens is 3. The van der Waals surface area contributed by atoms with Gasteiger partial charge in [-0.15, -0.1) is 10.2 Å². The second-order valence-corrected chi connectivity index (χ2v) is 6.15. The van der Waals surface area contributed by atoms with Gasteiger partial charge in [-0.1, -0.05) is 53.5 Å². The van der Waals surface area contributed by atoms with Crippen LogP contribution >= 0.6 is 46.6 Å². The molecule has 0 saturated heterocycles. The fraction of sp³-hybridized carbons (Fsp3) is 0.250. The highest BCUT2D eigenvalue weighted by Crippen LogP contribution is 2.33. The van der Waals surface area contributed by atoms with Crippen LogP contribution in [0.2, 0.25) is 15.1 Å². The van der Waals surface area contributed by atoms with E-state index in [4.69, 9.17) is 39.9 Å². The number of aryl methyl sites for hydroxylation is 1. The first-order valence-electron chi connectivity index (χ1n) is 5.87. The van der Waals surface area contributed by atoms with Gasteiger partial charge in [-0.3, -0.25) is 9.36 Å². The van der Waals surface area contributed by atoms with Gasteiger partial charge in [0.25, 0.3) is 0 Å². The Morgan fingerprint density at radius 1 is 1.24 bits per heavy atom. The van der Waals surface area contributed by atoms with Crippen LogP contribution in [0, 0.1) is 0 Å². The number of carboxylic acids is 1. The fourth-order valence-electron chi connectivity index (χ4n) is 1.67. The summed E-state index contributed by atoms with van der Waals surface area (Å²) >= 11 is 19.2. The molecule has 0 bridgehead atoms. The molecule has 2 aromatic rings. The average Bonchev–Trinajstić information content (AvgIpc) is 2.83. The lowest BCUT2D eigenvalue weighted by Gasteiger charge is -2.12. The number of thioether (sulfide) groups is 1. The summed E-state index contributed by atoms with van der Waals surface area (Å²) in [6.07, 6.45) is 0.608. The Kier molecular flexibility index (Phi) is 5.37. The summed E-state index contributed by atoms with van der Waals surface area (Å²) in [6.45, 7) is 1.91. The van der Waals surface area contributed by atoms with Gasteiger partial charge in [0, 0.05) is 6.42 Å². The van der Waals surface area contributed by atoms with Crippen molar-refractivity contribution >= 4 is 52.5 Å². The van der Waals surface area contributed by atoms with Gasteiger partial charge in [0.1, 0.15) is 5.82 Å². The second-order valence-electron chi connectivity index (χ2n) is 3.99. The molecule has 2 rings (SSSR count). The van der Waals surface area contributed by atoms with Gasteiger partial charge in [0.15, 0.2) is 5.16 Å². The topological polar surface area (TPSA) is 68.0 Å². The Balaban J connectivity index is 2.53. The van der Waals surface area contributed by atoms with Crippen LogP contribution in [0.4, 0.5) is 0 Å². The molecular weight excluding hydrogens is 357 g/mol. The van der Waals surface area contributed by atoms with Crippen molar-refractivity contribution in [2.24, 2.45) is 0 Å². The van der Waals surface area contributed by atoms with Crippen LogP contribution in [-0.4, -0.2) is 31.6 Å². The Morgan fingerprint density at radius 3 is 2.52 bits per heavy atom. The van der Waals surface area contributed by atoms with Gasteiger partial charge < -0.3 is 5.11 Å². The molecule has 0 saturated carbocycles. The van der Waals surface area contributed by atoms with Crippen molar-refractivity contribution in [2.75, 3.05) is 5.75 Å². The fourth-order valence-corrected chi connectivity index (χ4v) is 2.98. The average molecular weight is 367 g/mol. The maximum atomic E-state index is 10.7. The molecule has 1 aromatic heterocycles. The minimum Gasteiger partial charge on any atom is -0.481 e. The summed E-state index contributed by atoms with van der Waals surface area (Å²) in [6, 6.07) is 3.14. The first-order chi connectivity index (χ1) is 9.93. The van der Waals surface area contributed by atoms with Gasteiger partial charge >= 0.3 is 5.97 Å². The van der Waals surface area contributed by atoms with Crippen LogP contribution in [0.25, 0.3) is 5.69 Å². The van der Waals surface area contributed by atoms with E-state index in [-0.39, 0.29) is 5.75 Å². The zero-order chi connectivity index (χ0) is 15.6. The Bertz CT molecular complexity index is 691. The third-order valence-electron chi connectivity index (χ3n) is 2.57. The summed E-state index contributed by atoms with van der Waals surface area (Å²) in [4.78, 5) is 10.7. The zero-order valence-corrected chi connectivity index (χ0v) is 13.9. The van der Waals surface area contributed by atoms with E-state index in [0.29, 0.717) is 38.2 Å². The highest BCUT2D eigenvalue weighted by atomic mass is 35.5. The van der Waals surface area contributed by atoms with Gasteiger partial charge in [0.2, 0.25) is 0 Å². The molecule has 1 aromatic carbocycles. The molecule has 0 radical (unpaired) electrons. The molecule has 0 amide bonds. The third-order valence-corrected chi connectivity index (χ3v) is 4.51. The van der Waals surface area contributed by atoms with Gasteiger partial charge in [-0.25, -0.2) is 0 Å². The van der Waals surface area contributed by atoms with Crippen LogP contribution in [0.15, 0.2) is 17.3 Å². The predicted molar refractivity (Wildman–Crippen MR) is 84.1 cm³/mol. The van der Waals surface area contributed by atoms with E-state index in [1.807, 2.05) is 6.92 Å². The van der Waals surface area contributed by atoms with E-state index in [2.05, 4.69) is 10.2 Å². The van der Waals surface area contributed by atoms with Crippen LogP contribution in [0.1, 0.15) is 12.7 Å². The molecule has 5 nitrogen and oxygen atoms in total. The minimum atomic E-state index is -0.937. The molecule has 112 valence electrons. The molecule has 0 aliphatic carbocycles. The lowest BCUT2D eigenvalue weighted by Crippen LogP contribution is -2.05. The van der Waals surface area contributed by atoms with Crippen LogP contribution in [-0.2, 0) is 11.2 Å². The highest BCUT2D eigenvalue weighted by molar-refractivity contribution is 7.99. The van der Waals surface area contributed by atoms with E-state index in [1.54, 1.807) is 10.6 Å². The van der Waals surface area contributed by atoms with Crippen molar-refractivity contribution in [1.82, 2.24) is 14.8 Å². The molecule has 0 unspecified atom stereocenters. The first kappa shape index (κ1) is 16.4. The molecule has 0 fully saturated rings. The summed E-state index contributed by atoms with van der Waals surface area (Å²) in [7, 11) is 0. The quantitative estimate of drug-likeness (QED) is 0.640. The normalized spacial score (nSPS) is 10.9. The molecule has 0 aliphatic rings. The predicted octanol–water partition coefficient (Wildman–Crippen LogP) is 3.97. The molecule has 0 aliphatic heterocycles. The lowest BCUT2D eigenvalue weighted by molar-refractivity contribution is -0.133. The Hall–Kier alpha value is -0.950. The van der Waals surface area contributed by atoms with Crippen molar-refractivity contribution < 1.29 is 9.90 Å². The van der Waals surface area contributed by atoms with E-state index in [1.165, 1.54) is 6.07 Å². The monoisotopic (exact) mass is 365 g/mol. The number of rotatable bonds is 5. The van der Waals surface area contributed by atoms with Crippen molar-refractivity contribution in [3.8, 4) is 5.69 Å². The van der Waals surface area contributed by atoms with Crippen molar-refractivity contribution in [2.45, 2.75) is 18.5 Å². The van der Waals surface area contributed by atoms with Crippen LogP contribution in [0.3, 0.4) is 0 Å². The molecule has 1 N–H and O–H groups in total. The van der Waals surface area contributed by atoms with Crippen molar-refractivity contribution in [3.63, 3.8) is 0 Å². The lowest BCUT2D eigenvalue weighted by atomic mass is 10.3. The molecule has 1 heterocycles. The number of benzene rings is 1. The second kappa shape index (κ2) is 6.87. The standard InChI is InChI=1S/C12H10Cl3N3O2S/c1-2-10-16-17-12(21-5-11(19)20)18(10)9-4-7(14)6(13)3-8(9)15/h3-4H,2,5H2,1H3,(H,19,20). The molecule has 0 spiro atoms. The number of aliphatic carboxylic acids is 1. The van der Waals surface area contributed by atoms with Crippen LogP contribution < -0.4 is 0 Å². The van der Waals surface area contributed by atoms with E-state index >= 15 is 0 Å². The molecular formula is C12H10Cl3N3O2S. The number of nitrogens with zero attached hydrogens (tertiary/aromatic N) is 3. The number of carboxylic acid groups (broad SMARTS) is 1. The summed E-state index contributed by atoms with van der Waals surface area (Å²) in [5.74, 6) is -0.406. The number of halogens is 3.